The highest BCUT2D eigenvalue weighted by Gasteiger charge is 2.37. The van der Waals surface area contributed by atoms with Crippen molar-refractivity contribution in [1.82, 2.24) is 20.2 Å². The van der Waals surface area contributed by atoms with E-state index in [4.69, 9.17) is 4.42 Å². The van der Waals surface area contributed by atoms with Crippen LogP contribution in [0, 0.1) is 6.92 Å². The number of hydrogen-bond acceptors (Lipinski definition) is 4. The molecule has 2 heterocycles. The Balaban J connectivity index is 1.65. The van der Waals surface area contributed by atoms with Gasteiger partial charge in [-0.1, -0.05) is 0 Å². The molecule has 0 bridgehead atoms. The van der Waals surface area contributed by atoms with Crippen molar-refractivity contribution in [3.8, 4) is 0 Å². The number of rotatable bonds is 5. The van der Waals surface area contributed by atoms with E-state index in [9.17, 15) is 4.79 Å². The molecule has 1 atom stereocenters. The lowest BCUT2D eigenvalue weighted by molar-refractivity contribution is 0.166. The summed E-state index contributed by atoms with van der Waals surface area (Å²) in [5, 5.41) is 2.95. The van der Waals surface area contributed by atoms with Gasteiger partial charge in [-0.3, -0.25) is 0 Å². The summed E-state index contributed by atoms with van der Waals surface area (Å²) >= 11 is 0. The van der Waals surface area contributed by atoms with Crippen LogP contribution in [0.4, 0.5) is 4.79 Å². The summed E-state index contributed by atoms with van der Waals surface area (Å²) < 4.78 is 5.44. The van der Waals surface area contributed by atoms with Gasteiger partial charge in [-0.15, -0.1) is 0 Å². The van der Waals surface area contributed by atoms with Crippen molar-refractivity contribution in [2.75, 3.05) is 0 Å². The minimum absolute atomic E-state index is 0.0744. The molecule has 1 saturated carbocycles. The first kappa shape index (κ1) is 14.6. The van der Waals surface area contributed by atoms with Crippen molar-refractivity contribution in [1.29, 1.82) is 0 Å². The Bertz CT molecular complexity index is 637. The number of carbonyl (C=O) groups is 1. The van der Waals surface area contributed by atoms with Crippen molar-refractivity contribution in [3.63, 3.8) is 0 Å². The molecule has 0 spiro atoms. The van der Waals surface area contributed by atoms with Crippen LogP contribution in [-0.4, -0.2) is 26.9 Å². The zero-order valence-corrected chi connectivity index (χ0v) is 12.8. The third kappa shape index (κ3) is 3.27. The van der Waals surface area contributed by atoms with Gasteiger partial charge in [-0.2, -0.15) is 0 Å². The summed E-state index contributed by atoms with van der Waals surface area (Å²) in [5.74, 6) is 1.51. The van der Waals surface area contributed by atoms with Gasteiger partial charge >= 0.3 is 6.03 Å². The van der Waals surface area contributed by atoms with E-state index in [2.05, 4.69) is 15.3 Å². The summed E-state index contributed by atoms with van der Waals surface area (Å²) in [4.78, 5) is 22.8. The van der Waals surface area contributed by atoms with E-state index in [0.29, 0.717) is 18.4 Å². The largest absolute Gasteiger partial charge is 0.467 e. The first-order valence-electron chi connectivity index (χ1n) is 7.53. The molecule has 1 aliphatic carbocycles. The summed E-state index contributed by atoms with van der Waals surface area (Å²) in [7, 11) is 0. The molecular weight excluding hydrogens is 280 g/mol. The Hall–Kier alpha value is -2.37. The summed E-state index contributed by atoms with van der Waals surface area (Å²) in [6.07, 6.45) is 5.43. The smallest absolute Gasteiger partial charge is 0.318 e. The molecule has 1 fully saturated rings. The molecule has 1 aliphatic rings. The quantitative estimate of drug-likeness (QED) is 0.921. The maximum atomic E-state index is 12.5. The predicted molar refractivity (Wildman–Crippen MR) is 81.0 cm³/mol. The fraction of sp³-hybridized carbons (Fsp3) is 0.438. The van der Waals surface area contributed by atoms with E-state index >= 15 is 0 Å². The Morgan fingerprint density at radius 2 is 2.32 bits per heavy atom. The van der Waals surface area contributed by atoms with E-state index < -0.39 is 0 Å². The van der Waals surface area contributed by atoms with Gasteiger partial charge in [0.2, 0.25) is 0 Å². The lowest BCUT2D eigenvalue weighted by atomic mass is 10.2. The summed E-state index contributed by atoms with van der Waals surface area (Å²) in [6.45, 7) is 4.22. The zero-order valence-electron chi connectivity index (χ0n) is 12.8. The van der Waals surface area contributed by atoms with Gasteiger partial charge in [0.1, 0.15) is 11.6 Å². The van der Waals surface area contributed by atoms with Crippen LogP contribution in [0.25, 0.3) is 0 Å². The van der Waals surface area contributed by atoms with Gasteiger partial charge in [0.25, 0.3) is 0 Å². The van der Waals surface area contributed by atoms with Gasteiger partial charge in [0.15, 0.2) is 0 Å². The maximum Gasteiger partial charge on any atom is 0.318 e. The molecule has 1 N–H and O–H groups in total. The highest BCUT2D eigenvalue weighted by molar-refractivity contribution is 5.75. The first-order valence-corrected chi connectivity index (χ1v) is 7.53. The molecule has 0 aromatic carbocycles. The monoisotopic (exact) mass is 300 g/mol. The number of carbonyl (C=O) groups excluding carboxylic acids is 1. The number of furan rings is 1. The average Bonchev–Trinajstić information content (AvgIpc) is 3.17. The van der Waals surface area contributed by atoms with Gasteiger partial charge < -0.3 is 14.6 Å². The van der Waals surface area contributed by atoms with Crippen molar-refractivity contribution in [3.05, 3.63) is 47.9 Å². The zero-order chi connectivity index (χ0) is 15.5. The Morgan fingerprint density at radius 3 is 2.95 bits per heavy atom. The van der Waals surface area contributed by atoms with Gasteiger partial charge in [0.05, 0.1) is 24.5 Å². The predicted octanol–water partition coefficient (Wildman–Crippen LogP) is 2.81. The number of nitrogens with one attached hydrogen (secondary N) is 1. The van der Waals surface area contributed by atoms with Crippen LogP contribution in [0.3, 0.4) is 0 Å². The normalized spacial score (nSPS) is 15.4. The van der Waals surface area contributed by atoms with Gasteiger partial charge in [-0.25, -0.2) is 14.8 Å². The molecule has 6 nitrogen and oxygen atoms in total. The molecule has 3 rings (SSSR count). The van der Waals surface area contributed by atoms with Gasteiger partial charge in [-0.05, 0) is 44.9 Å². The van der Waals surface area contributed by atoms with Crippen molar-refractivity contribution in [2.24, 2.45) is 0 Å². The highest BCUT2D eigenvalue weighted by Crippen LogP contribution is 2.34. The summed E-state index contributed by atoms with van der Waals surface area (Å²) in [5.41, 5.74) is 0.808. The number of urea groups is 1. The number of aryl methyl sites for hydroxylation is 1. The van der Waals surface area contributed by atoms with Crippen LogP contribution >= 0.6 is 0 Å². The van der Waals surface area contributed by atoms with Crippen molar-refractivity contribution in [2.45, 2.75) is 45.3 Å². The molecular formula is C16H20N4O2. The van der Waals surface area contributed by atoms with Gasteiger partial charge in [0, 0.05) is 12.2 Å². The fourth-order valence-electron chi connectivity index (χ4n) is 2.54. The Labute approximate surface area is 129 Å². The van der Waals surface area contributed by atoms with Crippen LogP contribution < -0.4 is 5.32 Å². The molecule has 116 valence electrons. The molecule has 0 aliphatic heterocycles. The molecule has 22 heavy (non-hydrogen) atoms. The number of amides is 2. The second-order valence-corrected chi connectivity index (χ2v) is 5.58. The fourth-order valence-corrected chi connectivity index (χ4v) is 2.54. The van der Waals surface area contributed by atoms with Crippen LogP contribution in [0.15, 0.2) is 35.1 Å². The van der Waals surface area contributed by atoms with Crippen LogP contribution in [0.5, 0.6) is 0 Å². The summed E-state index contributed by atoms with van der Waals surface area (Å²) in [6, 6.07) is 5.70. The third-order valence-electron chi connectivity index (χ3n) is 3.80. The number of aromatic nitrogens is 2. The number of hydrogen-bond donors (Lipinski definition) is 1. The van der Waals surface area contributed by atoms with E-state index in [1.807, 2.05) is 36.9 Å². The first-order chi connectivity index (χ1) is 10.6. The van der Waals surface area contributed by atoms with E-state index in [-0.39, 0.29) is 12.1 Å². The van der Waals surface area contributed by atoms with Crippen molar-refractivity contribution >= 4 is 6.03 Å². The molecule has 0 saturated heterocycles. The molecule has 0 unspecified atom stereocenters. The lowest BCUT2D eigenvalue weighted by Gasteiger charge is -2.28. The third-order valence-corrected chi connectivity index (χ3v) is 3.80. The van der Waals surface area contributed by atoms with Crippen LogP contribution in [0.1, 0.15) is 43.1 Å². The van der Waals surface area contributed by atoms with E-state index in [1.165, 1.54) is 0 Å². The molecule has 6 heteroatoms. The minimum Gasteiger partial charge on any atom is -0.467 e. The highest BCUT2D eigenvalue weighted by atomic mass is 16.3. The van der Waals surface area contributed by atoms with E-state index in [1.54, 1.807) is 12.5 Å². The standard InChI is InChI=1S/C16H20N4O2/c1-11(15-4-3-9-22-15)20(14-5-6-14)16(21)18-10-13-7-8-17-12(2)19-13/h3-4,7-9,11,14H,5-6,10H2,1-2H3,(H,18,21)/t11-/m1/s1. The topological polar surface area (TPSA) is 71.3 Å². The van der Waals surface area contributed by atoms with E-state index in [0.717, 1.165) is 24.3 Å². The second kappa shape index (κ2) is 6.17. The average molecular weight is 300 g/mol. The maximum absolute atomic E-state index is 12.5. The minimum atomic E-state index is -0.0809. The Morgan fingerprint density at radius 1 is 1.50 bits per heavy atom. The van der Waals surface area contributed by atoms with Crippen LogP contribution in [-0.2, 0) is 6.54 Å². The molecule has 2 aromatic rings. The SMILES string of the molecule is Cc1nccc(CNC(=O)N(C2CC2)[C@H](C)c2ccco2)n1. The molecule has 2 amide bonds. The molecule has 0 radical (unpaired) electrons. The lowest BCUT2D eigenvalue weighted by Crippen LogP contribution is -2.42. The Kier molecular flexibility index (Phi) is 4.09. The number of nitrogens with zero attached hydrogens (tertiary/aromatic N) is 3. The van der Waals surface area contributed by atoms with Crippen LogP contribution in [0.2, 0.25) is 0 Å². The second-order valence-electron chi connectivity index (χ2n) is 5.58. The molecule has 2 aromatic heterocycles. The van der Waals surface area contributed by atoms with Crippen molar-refractivity contribution < 1.29 is 9.21 Å².